The van der Waals surface area contributed by atoms with Gasteiger partial charge in [-0.05, 0) is 43.2 Å². The first-order valence-corrected chi connectivity index (χ1v) is 10.7. The molecule has 0 saturated carbocycles. The van der Waals surface area contributed by atoms with Crippen molar-refractivity contribution in [3.63, 3.8) is 0 Å². The molecule has 0 bridgehead atoms. The molecule has 0 radical (unpaired) electrons. The van der Waals surface area contributed by atoms with E-state index < -0.39 is 0 Å². The number of benzene rings is 1. The Balaban J connectivity index is 1.99. The fourth-order valence-corrected chi connectivity index (χ4v) is 2.75. The third kappa shape index (κ3) is 7.59. The lowest BCUT2D eigenvalue weighted by atomic mass is 10.3. The number of amides is 1. The third-order valence-electron chi connectivity index (χ3n) is 4.49. The summed E-state index contributed by atoms with van der Waals surface area (Å²) in [4.78, 5) is 20.4. The van der Waals surface area contributed by atoms with Crippen LogP contribution in [0.1, 0.15) is 39.5 Å². The van der Waals surface area contributed by atoms with Crippen molar-refractivity contribution in [2.45, 2.75) is 39.5 Å². The molecule has 1 aromatic heterocycles. The molecule has 32 heavy (non-hydrogen) atoms. The van der Waals surface area contributed by atoms with Crippen molar-refractivity contribution < 1.29 is 9.53 Å². The maximum atomic E-state index is 11.7. The molecule has 0 atom stereocenters. The smallest absolute Gasteiger partial charge is 0.229 e. The maximum absolute atomic E-state index is 11.7. The highest BCUT2D eigenvalue weighted by Gasteiger charge is 2.13. The van der Waals surface area contributed by atoms with Gasteiger partial charge in [0, 0.05) is 12.2 Å². The summed E-state index contributed by atoms with van der Waals surface area (Å²) in [6, 6.07) is 7.13. The number of hydrazine groups is 1. The average molecular weight is 440 g/mol. The van der Waals surface area contributed by atoms with E-state index in [1.54, 1.807) is 30.3 Å². The normalized spacial score (nSPS) is 11.0. The van der Waals surface area contributed by atoms with Crippen molar-refractivity contribution >= 4 is 29.0 Å². The van der Waals surface area contributed by atoms with Crippen molar-refractivity contribution in [2.75, 3.05) is 29.2 Å². The van der Waals surface area contributed by atoms with Gasteiger partial charge in [0.05, 0.1) is 30.6 Å². The van der Waals surface area contributed by atoms with Crippen molar-refractivity contribution in [1.29, 1.82) is 0 Å². The Morgan fingerprint density at radius 3 is 2.69 bits per heavy atom. The van der Waals surface area contributed by atoms with Gasteiger partial charge in [-0.25, -0.2) is 10.8 Å². The number of unbranched alkanes of at least 4 members (excludes halogenated alkanes) is 1. The van der Waals surface area contributed by atoms with Crippen LogP contribution in [0.25, 0.3) is 0 Å². The molecule has 6 N–H and O–H groups in total. The molecule has 2 aromatic rings. The van der Waals surface area contributed by atoms with Gasteiger partial charge in [0.25, 0.3) is 0 Å². The van der Waals surface area contributed by atoms with E-state index >= 15 is 0 Å². The summed E-state index contributed by atoms with van der Waals surface area (Å²) in [7, 11) is 0. The highest BCUT2D eigenvalue weighted by Crippen LogP contribution is 2.27. The molecule has 9 nitrogen and oxygen atoms in total. The van der Waals surface area contributed by atoms with E-state index in [-0.39, 0.29) is 5.91 Å². The van der Waals surface area contributed by atoms with Gasteiger partial charge in [0.2, 0.25) is 11.9 Å². The summed E-state index contributed by atoms with van der Waals surface area (Å²) in [5, 5.41) is 7.33. The van der Waals surface area contributed by atoms with Gasteiger partial charge >= 0.3 is 0 Å². The molecular formula is C23H33N7O2. The Bertz CT molecular complexity index is 913. The Morgan fingerprint density at radius 2 is 2.03 bits per heavy atom. The molecule has 2 rings (SSSR count). The molecule has 0 aliphatic heterocycles. The topological polar surface area (TPSA) is 131 Å². The van der Waals surface area contributed by atoms with Crippen LogP contribution >= 0.6 is 0 Å². The van der Waals surface area contributed by atoms with Gasteiger partial charge < -0.3 is 21.1 Å². The predicted octanol–water partition coefficient (Wildman–Crippen LogP) is 3.65. The van der Waals surface area contributed by atoms with E-state index in [9.17, 15) is 4.79 Å². The Labute approximate surface area is 189 Å². The number of allylic oxidation sites excluding steroid dienone is 2. The van der Waals surface area contributed by atoms with Crippen molar-refractivity contribution in [1.82, 2.24) is 15.3 Å². The summed E-state index contributed by atoms with van der Waals surface area (Å²) in [5.74, 6) is 7.61. The summed E-state index contributed by atoms with van der Waals surface area (Å²) >= 11 is 0. The van der Waals surface area contributed by atoms with Crippen molar-refractivity contribution in [3.8, 4) is 5.75 Å². The molecule has 0 spiro atoms. The van der Waals surface area contributed by atoms with Crippen molar-refractivity contribution in [2.24, 2.45) is 5.84 Å². The van der Waals surface area contributed by atoms with Gasteiger partial charge in [0.15, 0.2) is 5.82 Å². The molecule has 0 aliphatic carbocycles. The molecule has 0 fully saturated rings. The minimum atomic E-state index is -0.0137. The Hall–Kier alpha value is -3.59. The van der Waals surface area contributed by atoms with Crippen LogP contribution in [0.2, 0.25) is 0 Å². The number of aromatic nitrogens is 2. The van der Waals surface area contributed by atoms with Gasteiger partial charge in [-0.2, -0.15) is 4.98 Å². The molecule has 1 heterocycles. The zero-order chi connectivity index (χ0) is 23.3. The minimum Gasteiger partial charge on any atom is -0.493 e. The number of nitrogen functional groups attached to an aromatic ring is 1. The quantitative estimate of drug-likeness (QED) is 0.161. The van der Waals surface area contributed by atoms with Crippen LogP contribution in [0.4, 0.5) is 23.1 Å². The number of rotatable bonds is 13. The number of hydrogen-bond donors (Lipinski definition) is 4. The number of nitrogens with one attached hydrogen (secondary N) is 2. The van der Waals surface area contributed by atoms with Crippen LogP contribution in [-0.4, -0.2) is 29.0 Å². The largest absolute Gasteiger partial charge is 0.493 e. The zero-order valence-electron chi connectivity index (χ0n) is 18.8. The Morgan fingerprint density at radius 1 is 1.28 bits per heavy atom. The second-order valence-electron chi connectivity index (χ2n) is 7.04. The van der Waals surface area contributed by atoms with E-state index in [2.05, 4.69) is 34.1 Å². The van der Waals surface area contributed by atoms with E-state index in [4.69, 9.17) is 16.3 Å². The molecule has 172 valence electrons. The molecule has 1 amide bonds. The predicted molar refractivity (Wildman–Crippen MR) is 129 cm³/mol. The van der Waals surface area contributed by atoms with Gasteiger partial charge in [-0.1, -0.05) is 32.9 Å². The summed E-state index contributed by atoms with van der Waals surface area (Å²) in [6.07, 6.45) is 8.34. The highest BCUT2D eigenvalue weighted by molar-refractivity contribution is 5.76. The van der Waals surface area contributed by atoms with Crippen LogP contribution in [0, 0.1) is 0 Å². The van der Waals surface area contributed by atoms with Crippen LogP contribution in [-0.2, 0) is 4.79 Å². The lowest BCUT2D eigenvalue weighted by molar-refractivity contribution is -0.121. The highest BCUT2D eigenvalue weighted by atomic mass is 16.5. The molecule has 9 heteroatoms. The van der Waals surface area contributed by atoms with E-state index in [0.717, 1.165) is 25.0 Å². The van der Waals surface area contributed by atoms with Crippen LogP contribution in [0.5, 0.6) is 5.75 Å². The molecule has 0 saturated heterocycles. The lowest BCUT2D eigenvalue weighted by Gasteiger charge is -2.20. The molecular weight excluding hydrogens is 406 g/mol. The van der Waals surface area contributed by atoms with Crippen molar-refractivity contribution in [3.05, 3.63) is 54.9 Å². The SMILES string of the molecule is C=C/C(=C\CC)Nc1ncc(N)c(N(N)c2ccc(OCCC(=O)NCCCC)cc2)n1. The number of carbonyl (C=O) groups is 1. The van der Waals surface area contributed by atoms with E-state index in [1.165, 1.54) is 11.2 Å². The number of hydrogen-bond acceptors (Lipinski definition) is 8. The summed E-state index contributed by atoms with van der Waals surface area (Å²) in [6.45, 7) is 8.88. The number of anilines is 4. The Kier molecular flexibility index (Phi) is 9.99. The number of nitrogens with zero attached hydrogens (tertiary/aromatic N) is 3. The summed E-state index contributed by atoms with van der Waals surface area (Å²) < 4.78 is 5.65. The van der Waals surface area contributed by atoms with Crippen LogP contribution < -0.4 is 32.0 Å². The molecule has 1 aromatic carbocycles. The van der Waals surface area contributed by atoms with E-state index in [0.29, 0.717) is 48.5 Å². The number of carbonyl (C=O) groups excluding carboxylic acids is 1. The second-order valence-corrected chi connectivity index (χ2v) is 7.04. The summed E-state index contributed by atoms with van der Waals surface area (Å²) in [5.41, 5.74) is 7.85. The van der Waals surface area contributed by atoms with Crippen LogP contribution in [0.15, 0.2) is 54.9 Å². The first-order valence-electron chi connectivity index (χ1n) is 10.7. The molecule has 0 unspecified atom stereocenters. The average Bonchev–Trinajstić information content (AvgIpc) is 2.80. The molecule has 0 aliphatic rings. The number of ether oxygens (including phenoxy) is 1. The van der Waals surface area contributed by atoms with Gasteiger partial charge in [-0.15, -0.1) is 0 Å². The standard InChI is InChI=1S/C23H33N7O2/c1-4-7-14-26-21(31)13-15-32-19-11-9-18(10-12-19)30(25)22-20(24)16-27-23(29-22)28-17(6-3)8-5-2/h6,8-12,16H,3-5,7,13-15,24-25H2,1-2H3,(H,26,31)(H,27,28,29)/b17-8+. The van der Waals surface area contributed by atoms with Crippen LogP contribution in [0.3, 0.4) is 0 Å². The van der Waals surface area contributed by atoms with Gasteiger partial charge in [0.1, 0.15) is 5.75 Å². The monoisotopic (exact) mass is 439 g/mol. The fourth-order valence-electron chi connectivity index (χ4n) is 2.75. The minimum absolute atomic E-state index is 0.0137. The first-order chi connectivity index (χ1) is 15.5. The third-order valence-corrected chi connectivity index (χ3v) is 4.49. The lowest BCUT2D eigenvalue weighted by Crippen LogP contribution is -2.27. The second kappa shape index (κ2) is 13.0. The maximum Gasteiger partial charge on any atom is 0.229 e. The zero-order valence-corrected chi connectivity index (χ0v) is 18.8. The van der Waals surface area contributed by atoms with E-state index in [1.807, 2.05) is 13.0 Å². The van der Waals surface area contributed by atoms with Gasteiger partial charge in [-0.3, -0.25) is 9.80 Å². The first kappa shape index (κ1) is 24.7. The fraction of sp³-hybridized carbons (Fsp3) is 0.348. The number of nitrogens with two attached hydrogens (primary N) is 2.